The van der Waals surface area contributed by atoms with Crippen molar-refractivity contribution >= 4 is 11.6 Å². The topological polar surface area (TPSA) is 85.0 Å². The van der Waals surface area contributed by atoms with Crippen LogP contribution in [-0.2, 0) is 0 Å². The molecule has 1 aromatic rings. The van der Waals surface area contributed by atoms with Crippen LogP contribution in [0, 0.1) is 5.92 Å². The lowest BCUT2D eigenvalue weighted by Crippen LogP contribution is -2.64. The molecule has 2 aliphatic rings. The number of amides is 1. The second-order valence-corrected chi connectivity index (χ2v) is 5.83. The zero-order valence-electron chi connectivity index (χ0n) is 12.3. The highest BCUT2D eigenvalue weighted by Crippen LogP contribution is 2.45. The maximum Gasteiger partial charge on any atom is 0.256 e. The average molecular weight is 292 g/mol. The minimum atomic E-state index is -0.693. The van der Waals surface area contributed by atoms with Gasteiger partial charge in [-0.3, -0.25) is 4.79 Å². The average Bonchev–Trinajstić information content (AvgIpc) is 3.27. The number of nitrogen functional groups attached to an aromatic ring is 1. The lowest BCUT2D eigenvalue weighted by atomic mass is 9.88. The molecule has 114 valence electrons. The Morgan fingerprint density at radius 2 is 1.86 bits per heavy atom. The first-order valence-electron chi connectivity index (χ1n) is 7.01. The molecule has 0 aromatic heterocycles. The van der Waals surface area contributed by atoms with Crippen molar-refractivity contribution in [1.82, 2.24) is 4.90 Å². The number of β-amino-alcohol motifs (C(OH)–C–C–N with tert-alkyl or cyclic N) is 1. The number of hydrogen-bond donors (Lipinski definition) is 2. The third kappa shape index (κ3) is 2.29. The van der Waals surface area contributed by atoms with Gasteiger partial charge in [-0.15, -0.1) is 0 Å². The van der Waals surface area contributed by atoms with E-state index < -0.39 is 5.60 Å². The van der Waals surface area contributed by atoms with Crippen LogP contribution >= 0.6 is 0 Å². The highest BCUT2D eigenvalue weighted by atomic mass is 16.5. The summed E-state index contributed by atoms with van der Waals surface area (Å²) >= 11 is 0. The van der Waals surface area contributed by atoms with E-state index in [9.17, 15) is 9.90 Å². The molecule has 2 fully saturated rings. The number of hydrogen-bond acceptors (Lipinski definition) is 5. The first-order valence-corrected chi connectivity index (χ1v) is 7.01. The number of aliphatic hydroxyl groups is 1. The van der Waals surface area contributed by atoms with Crippen molar-refractivity contribution in [2.45, 2.75) is 18.4 Å². The van der Waals surface area contributed by atoms with Gasteiger partial charge in [-0.1, -0.05) is 0 Å². The predicted octanol–water partition coefficient (Wildman–Crippen LogP) is 0.883. The van der Waals surface area contributed by atoms with Crippen LogP contribution in [0.2, 0.25) is 0 Å². The van der Waals surface area contributed by atoms with Crippen LogP contribution in [0.5, 0.6) is 11.5 Å². The van der Waals surface area contributed by atoms with Gasteiger partial charge < -0.3 is 25.2 Å². The van der Waals surface area contributed by atoms with Crippen LogP contribution in [0.25, 0.3) is 0 Å². The summed E-state index contributed by atoms with van der Waals surface area (Å²) in [4.78, 5) is 14.1. The highest BCUT2D eigenvalue weighted by molar-refractivity contribution is 6.00. The number of ether oxygens (including phenoxy) is 2. The molecular formula is C15H20N2O4. The molecule has 1 saturated carbocycles. The molecule has 1 amide bonds. The quantitative estimate of drug-likeness (QED) is 0.805. The van der Waals surface area contributed by atoms with Gasteiger partial charge in [-0.2, -0.15) is 0 Å². The summed E-state index contributed by atoms with van der Waals surface area (Å²) in [5.74, 6) is 1.13. The third-order valence-electron chi connectivity index (χ3n) is 4.34. The molecular weight excluding hydrogens is 272 g/mol. The Labute approximate surface area is 123 Å². The predicted molar refractivity (Wildman–Crippen MR) is 77.5 cm³/mol. The van der Waals surface area contributed by atoms with E-state index in [0.717, 1.165) is 12.8 Å². The number of nitrogens with zero attached hydrogens (tertiary/aromatic N) is 1. The van der Waals surface area contributed by atoms with E-state index in [1.54, 1.807) is 17.0 Å². The van der Waals surface area contributed by atoms with Crippen molar-refractivity contribution in [3.8, 4) is 11.5 Å². The minimum absolute atomic E-state index is 0.182. The molecule has 0 spiro atoms. The van der Waals surface area contributed by atoms with Gasteiger partial charge in [0.15, 0.2) is 11.5 Å². The van der Waals surface area contributed by atoms with E-state index in [4.69, 9.17) is 15.2 Å². The molecule has 1 aliphatic carbocycles. The fourth-order valence-corrected chi connectivity index (χ4v) is 2.89. The zero-order valence-corrected chi connectivity index (χ0v) is 12.3. The summed E-state index contributed by atoms with van der Waals surface area (Å²) in [6.45, 7) is 0.759. The molecule has 6 heteroatoms. The SMILES string of the molecule is COc1cc(N)c(C(=O)N2CC(O)(C3CC3)C2)cc1OC. The number of carbonyl (C=O) groups is 1. The van der Waals surface area contributed by atoms with Gasteiger partial charge in [0, 0.05) is 11.8 Å². The summed E-state index contributed by atoms with van der Waals surface area (Å²) < 4.78 is 10.4. The molecule has 0 radical (unpaired) electrons. The Morgan fingerprint density at radius 1 is 1.29 bits per heavy atom. The van der Waals surface area contributed by atoms with Crippen molar-refractivity contribution < 1.29 is 19.4 Å². The fourth-order valence-electron chi connectivity index (χ4n) is 2.89. The zero-order chi connectivity index (χ0) is 15.2. The number of benzene rings is 1. The summed E-state index contributed by atoms with van der Waals surface area (Å²) in [7, 11) is 3.03. The first kappa shape index (κ1) is 14.0. The fraction of sp³-hybridized carbons (Fsp3) is 0.533. The summed E-state index contributed by atoms with van der Waals surface area (Å²) in [6, 6.07) is 3.17. The monoisotopic (exact) mass is 292 g/mol. The van der Waals surface area contributed by atoms with Gasteiger partial charge in [0.2, 0.25) is 0 Å². The lowest BCUT2D eigenvalue weighted by molar-refractivity contribution is -0.0957. The van der Waals surface area contributed by atoms with E-state index in [2.05, 4.69) is 0 Å². The van der Waals surface area contributed by atoms with Crippen molar-refractivity contribution in [3.05, 3.63) is 17.7 Å². The van der Waals surface area contributed by atoms with Crippen molar-refractivity contribution in [3.63, 3.8) is 0 Å². The Morgan fingerprint density at radius 3 is 2.38 bits per heavy atom. The van der Waals surface area contributed by atoms with Gasteiger partial charge in [0.25, 0.3) is 5.91 Å². The molecule has 6 nitrogen and oxygen atoms in total. The summed E-state index contributed by atoms with van der Waals surface area (Å²) in [6.07, 6.45) is 2.11. The minimum Gasteiger partial charge on any atom is -0.493 e. The molecule has 3 rings (SSSR count). The smallest absolute Gasteiger partial charge is 0.256 e. The van der Waals surface area contributed by atoms with Gasteiger partial charge in [-0.25, -0.2) is 0 Å². The van der Waals surface area contributed by atoms with Crippen molar-refractivity contribution in [2.24, 2.45) is 5.92 Å². The molecule has 1 heterocycles. The van der Waals surface area contributed by atoms with Crippen molar-refractivity contribution in [2.75, 3.05) is 33.0 Å². The third-order valence-corrected chi connectivity index (χ3v) is 4.34. The van der Waals surface area contributed by atoms with Crippen LogP contribution in [0.3, 0.4) is 0 Å². The molecule has 21 heavy (non-hydrogen) atoms. The van der Waals surface area contributed by atoms with Crippen molar-refractivity contribution in [1.29, 1.82) is 0 Å². The number of methoxy groups -OCH3 is 2. The van der Waals surface area contributed by atoms with E-state index in [0.29, 0.717) is 41.8 Å². The molecule has 0 bridgehead atoms. The van der Waals surface area contributed by atoms with Gasteiger partial charge in [-0.05, 0) is 24.8 Å². The Balaban J connectivity index is 1.79. The summed E-state index contributed by atoms with van der Waals surface area (Å²) in [5.41, 5.74) is 5.97. The second-order valence-electron chi connectivity index (χ2n) is 5.83. The van der Waals surface area contributed by atoms with Gasteiger partial charge >= 0.3 is 0 Å². The summed E-state index contributed by atoms with van der Waals surface area (Å²) in [5, 5.41) is 10.3. The Hall–Kier alpha value is -1.95. The number of rotatable bonds is 4. The molecule has 3 N–H and O–H groups in total. The number of anilines is 1. The Bertz CT molecular complexity index is 577. The molecule has 0 unspecified atom stereocenters. The van der Waals surface area contributed by atoms with Crippen LogP contribution in [-0.4, -0.2) is 48.8 Å². The van der Waals surface area contributed by atoms with Gasteiger partial charge in [0.1, 0.15) is 5.60 Å². The van der Waals surface area contributed by atoms with E-state index in [-0.39, 0.29) is 5.91 Å². The highest BCUT2D eigenvalue weighted by Gasteiger charge is 2.53. The maximum absolute atomic E-state index is 12.5. The van der Waals surface area contributed by atoms with E-state index >= 15 is 0 Å². The normalized spacial score (nSPS) is 19.9. The van der Waals surface area contributed by atoms with Crippen LogP contribution in [0.1, 0.15) is 23.2 Å². The van der Waals surface area contributed by atoms with E-state index in [1.165, 1.54) is 14.2 Å². The second kappa shape index (κ2) is 4.80. The number of carbonyl (C=O) groups excluding carboxylic acids is 1. The molecule has 1 aliphatic heterocycles. The Kier molecular flexibility index (Phi) is 3.20. The molecule has 1 saturated heterocycles. The number of likely N-dealkylation sites (tertiary alicyclic amines) is 1. The lowest BCUT2D eigenvalue weighted by Gasteiger charge is -2.47. The standard InChI is InChI=1S/C15H20N2O4/c1-20-12-5-10(11(16)6-13(12)21-2)14(18)17-7-15(19,8-17)9-3-4-9/h5-6,9,19H,3-4,7-8,16H2,1-2H3. The first-order chi connectivity index (χ1) is 9.98. The maximum atomic E-state index is 12.5. The largest absolute Gasteiger partial charge is 0.493 e. The van der Waals surface area contributed by atoms with Crippen LogP contribution in [0.4, 0.5) is 5.69 Å². The van der Waals surface area contributed by atoms with Crippen LogP contribution in [0.15, 0.2) is 12.1 Å². The number of nitrogens with two attached hydrogens (primary N) is 1. The van der Waals surface area contributed by atoms with Gasteiger partial charge in [0.05, 0.1) is 32.9 Å². The molecule has 1 aromatic carbocycles. The van der Waals surface area contributed by atoms with Crippen LogP contribution < -0.4 is 15.2 Å². The van der Waals surface area contributed by atoms with E-state index in [1.807, 2.05) is 0 Å². The molecule has 0 atom stereocenters.